The standard InChI is InChI=1S/C11H6Br3ClO/c12-6-1-2-8(13)7(5-6)11(15)9-3-4-10(14)16-9/h1-5,11H. The van der Waals surface area contributed by atoms with Crippen molar-refractivity contribution in [3.63, 3.8) is 0 Å². The van der Waals surface area contributed by atoms with Crippen molar-refractivity contribution in [1.29, 1.82) is 0 Å². The lowest BCUT2D eigenvalue weighted by Gasteiger charge is -2.09. The Bertz CT molecular complexity index is 510. The van der Waals surface area contributed by atoms with E-state index in [1.54, 1.807) is 0 Å². The van der Waals surface area contributed by atoms with E-state index in [4.69, 9.17) is 16.0 Å². The zero-order chi connectivity index (χ0) is 11.7. The van der Waals surface area contributed by atoms with E-state index in [2.05, 4.69) is 47.8 Å². The summed E-state index contributed by atoms with van der Waals surface area (Å²) < 4.78 is 8.07. The van der Waals surface area contributed by atoms with E-state index >= 15 is 0 Å². The lowest BCUT2D eigenvalue weighted by atomic mass is 10.1. The topological polar surface area (TPSA) is 13.1 Å². The molecule has 0 radical (unpaired) electrons. The van der Waals surface area contributed by atoms with E-state index in [0.717, 1.165) is 14.5 Å². The van der Waals surface area contributed by atoms with Gasteiger partial charge in [0.2, 0.25) is 0 Å². The van der Waals surface area contributed by atoms with E-state index in [1.165, 1.54) is 0 Å². The van der Waals surface area contributed by atoms with Crippen LogP contribution in [0.2, 0.25) is 0 Å². The molecule has 0 aliphatic heterocycles. The molecule has 0 N–H and O–H groups in total. The SMILES string of the molecule is ClC(c1ccc(Br)o1)c1cc(Br)ccc1Br. The fourth-order valence-corrected chi connectivity index (χ4v) is 2.93. The van der Waals surface area contributed by atoms with Crippen LogP contribution in [-0.2, 0) is 0 Å². The summed E-state index contributed by atoms with van der Waals surface area (Å²) in [6, 6.07) is 9.56. The second-order valence-corrected chi connectivity index (χ2v) is 6.16. The smallest absolute Gasteiger partial charge is 0.169 e. The van der Waals surface area contributed by atoms with Gasteiger partial charge >= 0.3 is 0 Å². The van der Waals surface area contributed by atoms with E-state index in [-0.39, 0.29) is 5.38 Å². The maximum Gasteiger partial charge on any atom is 0.169 e. The molecule has 1 aromatic heterocycles. The molecular formula is C11H6Br3ClO. The van der Waals surface area contributed by atoms with Gasteiger partial charge in [-0.3, -0.25) is 0 Å². The third-order valence-corrected chi connectivity index (χ3v) is 4.17. The minimum atomic E-state index is -0.307. The number of hydrogen-bond acceptors (Lipinski definition) is 1. The monoisotopic (exact) mass is 426 g/mol. The van der Waals surface area contributed by atoms with Crippen molar-refractivity contribution in [3.8, 4) is 0 Å². The van der Waals surface area contributed by atoms with Gasteiger partial charge in [0.05, 0.1) is 0 Å². The van der Waals surface area contributed by atoms with Gasteiger partial charge in [0.15, 0.2) is 4.67 Å². The van der Waals surface area contributed by atoms with Crippen molar-refractivity contribution >= 4 is 59.4 Å². The van der Waals surface area contributed by atoms with E-state index < -0.39 is 0 Å². The molecule has 1 atom stereocenters. The highest BCUT2D eigenvalue weighted by Gasteiger charge is 2.17. The quantitative estimate of drug-likeness (QED) is 0.543. The first-order chi connectivity index (χ1) is 7.58. The Morgan fingerprint density at radius 2 is 1.81 bits per heavy atom. The first kappa shape index (κ1) is 12.7. The second kappa shape index (κ2) is 5.25. The molecule has 1 unspecified atom stereocenters. The van der Waals surface area contributed by atoms with Crippen LogP contribution in [0.15, 0.2) is 48.4 Å². The van der Waals surface area contributed by atoms with Crippen LogP contribution in [0.1, 0.15) is 16.7 Å². The van der Waals surface area contributed by atoms with Crippen molar-refractivity contribution in [2.75, 3.05) is 0 Å². The van der Waals surface area contributed by atoms with Crippen molar-refractivity contribution in [2.24, 2.45) is 0 Å². The van der Waals surface area contributed by atoms with Crippen LogP contribution >= 0.6 is 59.4 Å². The van der Waals surface area contributed by atoms with Gasteiger partial charge in [-0.1, -0.05) is 31.9 Å². The molecule has 2 aromatic rings. The molecule has 0 fully saturated rings. The highest BCUT2D eigenvalue weighted by Crippen LogP contribution is 2.36. The molecule has 16 heavy (non-hydrogen) atoms. The van der Waals surface area contributed by atoms with Crippen LogP contribution in [-0.4, -0.2) is 0 Å². The predicted octanol–water partition coefficient (Wildman–Crippen LogP) is 5.90. The Balaban J connectivity index is 2.40. The van der Waals surface area contributed by atoms with Crippen LogP contribution in [0.3, 0.4) is 0 Å². The summed E-state index contributed by atoms with van der Waals surface area (Å²) in [5.74, 6) is 0.715. The molecular weight excluding hydrogens is 423 g/mol. The van der Waals surface area contributed by atoms with E-state index in [0.29, 0.717) is 10.4 Å². The summed E-state index contributed by atoms with van der Waals surface area (Å²) in [7, 11) is 0. The Kier molecular flexibility index (Phi) is 4.16. The minimum Gasteiger partial charge on any atom is -0.452 e. The molecule has 0 spiro atoms. The highest BCUT2D eigenvalue weighted by atomic mass is 79.9. The maximum atomic E-state index is 6.36. The molecule has 0 saturated carbocycles. The summed E-state index contributed by atoms with van der Waals surface area (Å²) >= 11 is 16.5. The van der Waals surface area contributed by atoms with Gasteiger partial charge in [-0.05, 0) is 51.8 Å². The zero-order valence-electron chi connectivity index (χ0n) is 7.88. The first-order valence-corrected chi connectivity index (χ1v) is 7.23. The Labute approximate surface area is 124 Å². The number of halogens is 4. The average Bonchev–Trinajstić information content (AvgIpc) is 2.67. The van der Waals surface area contributed by atoms with Crippen LogP contribution in [0.4, 0.5) is 0 Å². The minimum absolute atomic E-state index is 0.307. The maximum absolute atomic E-state index is 6.36. The molecule has 0 saturated heterocycles. The Hall–Kier alpha value is 0.230. The van der Waals surface area contributed by atoms with E-state index in [1.807, 2.05) is 30.3 Å². The fraction of sp³-hybridized carbons (Fsp3) is 0.0909. The van der Waals surface area contributed by atoms with Crippen LogP contribution in [0, 0.1) is 0 Å². The summed E-state index contributed by atoms with van der Waals surface area (Å²) in [5.41, 5.74) is 0.970. The number of hydrogen-bond donors (Lipinski definition) is 0. The Morgan fingerprint density at radius 3 is 2.44 bits per heavy atom. The Morgan fingerprint density at radius 1 is 1.06 bits per heavy atom. The lowest BCUT2D eigenvalue weighted by molar-refractivity contribution is 0.494. The molecule has 1 aromatic carbocycles. The first-order valence-electron chi connectivity index (χ1n) is 4.42. The lowest BCUT2D eigenvalue weighted by Crippen LogP contribution is -1.92. The van der Waals surface area contributed by atoms with Crippen molar-refractivity contribution in [3.05, 3.63) is 55.3 Å². The van der Waals surface area contributed by atoms with Crippen LogP contribution < -0.4 is 0 Å². The largest absolute Gasteiger partial charge is 0.452 e. The van der Waals surface area contributed by atoms with Crippen LogP contribution in [0.5, 0.6) is 0 Å². The molecule has 1 nitrogen and oxygen atoms in total. The van der Waals surface area contributed by atoms with Gasteiger partial charge in [0.1, 0.15) is 11.1 Å². The highest BCUT2D eigenvalue weighted by molar-refractivity contribution is 9.11. The summed E-state index contributed by atoms with van der Waals surface area (Å²) in [5, 5.41) is -0.307. The normalized spacial score (nSPS) is 12.8. The van der Waals surface area contributed by atoms with Gasteiger partial charge in [-0.25, -0.2) is 0 Å². The average molecular weight is 429 g/mol. The van der Waals surface area contributed by atoms with Gasteiger partial charge in [-0.15, -0.1) is 11.6 Å². The van der Waals surface area contributed by atoms with Gasteiger partial charge in [-0.2, -0.15) is 0 Å². The van der Waals surface area contributed by atoms with Crippen LogP contribution in [0.25, 0.3) is 0 Å². The van der Waals surface area contributed by atoms with E-state index in [9.17, 15) is 0 Å². The molecule has 84 valence electrons. The summed E-state index contributed by atoms with van der Waals surface area (Å²) in [6.45, 7) is 0. The number of rotatable bonds is 2. The molecule has 0 amide bonds. The third-order valence-electron chi connectivity index (χ3n) is 2.07. The molecule has 2 rings (SSSR count). The second-order valence-electron chi connectivity index (χ2n) is 3.17. The molecule has 0 aliphatic carbocycles. The molecule has 5 heteroatoms. The number of furan rings is 1. The summed E-state index contributed by atoms with van der Waals surface area (Å²) in [4.78, 5) is 0. The molecule has 0 aliphatic rings. The van der Waals surface area contributed by atoms with Gasteiger partial charge in [0.25, 0.3) is 0 Å². The van der Waals surface area contributed by atoms with Crippen molar-refractivity contribution in [2.45, 2.75) is 5.38 Å². The van der Waals surface area contributed by atoms with Crippen molar-refractivity contribution in [1.82, 2.24) is 0 Å². The fourth-order valence-electron chi connectivity index (χ4n) is 1.33. The summed E-state index contributed by atoms with van der Waals surface area (Å²) in [6.07, 6.45) is 0. The molecule has 1 heterocycles. The molecule has 0 bridgehead atoms. The zero-order valence-corrected chi connectivity index (χ0v) is 13.4. The number of alkyl halides is 1. The number of benzene rings is 1. The van der Waals surface area contributed by atoms with Crippen molar-refractivity contribution < 1.29 is 4.42 Å². The third kappa shape index (κ3) is 2.73. The van der Waals surface area contributed by atoms with Gasteiger partial charge < -0.3 is 4.42 Å². The predicted molar refractivity (Wildman–Crippen MR) is 75.9 cm³/mol. The van der Waals surface area contributed by atoms with Gasteiger partial charge in [0, 0.05) is 8.95 Å².